The lowest BCUT2D eigenvalue weighted by Gasteiger charge is -2.23. The summed E-state index contributed by atoms with van der Waals surface area (Å²) < 4.78 is 5.09. The minimum Gasteiger partial charge on any atom is -0.497 e. The second kappa shape index (κ2) is 6.47. The van der Waals surface area contributed by atoms with Gasteiger partial charge in [0.15, 0.2) is 0 Å². The van der Waals surface area contributed by atoms with Crippen LogP contribution < -0.4 is 10.1 Å². The number of carbonyl (C=O) groups excluding carboxylic acids is 1. The molecule has 0 aliphatic heterocycles. The van der Waals surface area contributed by atoms with Crippen LogP contribution >= 0.6 is 0 Å². The number of benzene rings is 1. The predicted octanol–water partition coefficient (Wildman–Crippen LogP) is 2.01. The lowest BCUT2D eigenvalue weighted by Crippen LogP contribution is -2.44. The molecule has 0 radical (unpaired) electrons. The molecule has 6 heteroatoms. The fourth-order valence-electron chi connectivity index (χ4n) is 2.14. The van der Waals surface area contributed by atoms with Gasteiger partial charge in [-0.25, -0.2) is 4.79 Å². The highest BCUT2D eigenvalue weighted by Crippen LogP contribution is 2.27. The highest BCUT2D eigenvalue weighted by molar-refractivity contribution is 5.81. The Kier molecular flexibility index (Phi) is 4.67. The van der Waals surface area contributed by atoms with Crippen LogP contribution in [0.2, 0.25) is 0 Å². The summed E-state index contributed by atoms with van der Waals surface area (Å²) in [4.78, 5) is 24.4. The number of ether oxygens (including phenoxy) is 1. The van der Waals surface area contributed by atoms with Gasteiger partial charge in [-0.1, -0.05) is 12.1 Å². The molecule has 1 fully saturated rings. The highest BCUT2D eigenvalue weighted by atomic mass is 16.5. The van der Waals surface area contributed by atoms with Gasteiger partial charge < -0.3 is 20.1 Å². The molecule has 2 rings (SSSR count). The van der Waals surface area contributed by atoms with E-state index in [1.165, 1.54) is 4.90 Å². The molecule has 0 bridgehead atoms. The number of hydrogen-bond acceptors (Lipinski definition) is 3. The average molecular weight is 292 g/mol. The molecular weight excluding hydrogens is 272 g/mol. The number of nitrogens with zero attached hydrogens (tertiary/aromatic N) is 1. The van der Waals surface area contributed by atoms with Gasteiger partial charge in [0.2, 0.25) is 0 Å². The number of rotatable bonds is 6. The van der Waals surface area contributed by atoms with E-state index in [-0.39, 0.29) is 24.7 Å². The Hall–Kier alpha value is -2.24. The Balaban J connectivity index is 1.97. The third-order valence-corrected chi connectivity index (χ3v) is 3.51. The third kappa shape index (κ3) is 4.11. The van der Waals surface area contributed by atoms with Gasteiger partial charge in [-0.3, -0.25) is 4.79 Å². The summed E-state index contributed by atoms with van der Waals surface area (Å²) in [6.45, 7) is 1.61. The Labute approximate surface area is 123 Å². The van der Waals surface area contributed by atoms with Gasteiger partial charge in [0.1, 0.15) is 12.3 Å². The van der Waals surface area contributed by atoms with Crippen LogP contribution in [0.15, 0.2) is 24.3 Å². The van der Waals surface area contributed by atoms with Crippen molar-refractivity contribution in [2.24, 2.45) is 0 Å². The van der Waals surface area contributed by atoms with Gasteiger partial charge in [-0.15, -0.1) is 0 Å². The minimum absolute atomic E-state index is 0.0594. The van der Waals surface area contributed by atoms with Crippen LogP contribution in [0.25, 0.3) is 0 Å². The summed E-state index contributed by atoms with van der Waals surface area (Å²) in [7, 11) is 1.60. The number of urea groups is 1. The lowest BCUT2D eigenvalue weighted by molar-refractivity contribution is -0.137. The van der Waals surface area contributed by atoms with Crippen molar-refractivity contribution in [3.63, 3.8) is 0 Å². The smallest absolute Gasteiger partial charge is 0.323 e. The molecule has 1 saturated carbocycles. The molecule has 114 valence electrons. The van der Waals surface area contributed by atoms with E-state index < -0.39 is 5.97 Å². The monoisotopic (exact) mass is 292 g/mol. The molecular formula is C15H20N2O4. The second-order valence-electron chi connectivity index (χ2n) is 5.20. The Bertz CT molecular complexity index is 511. The summed E-state index contributed by atoms with van der Waals surface area (Å²) in [5.74, 6) is -0.239. The summed E-state index contributed by atoms with van der Waals surface area (Å²) in [6, 6.07) is 6.94. The quantitative estimate of drug-likeness (QED) is 0.840. The molecule has 1 aliphatic carbocycles. The molecule has 0 spiro atoms. The van der Waals surface area contributed by atoms with E-state index >= 15 is 0 Å². The first kappa shape index (κ1) is 15.2. The van der Waals surface area contributed by atoms with Crippen LogP contribution in [0.4, 0.5) is 4.79 Å². The summed E-state index contributed by atoms with van der Waals surface area (Å²) in [5.41, 5.74) is 0.940. The van der Waals surface area contributed by atoms with Crippen molar-refractivity contribution in [3.05, 3.63) is 29.8 Å². The number of amides is 2. The number of methoxy groups -OCH3 is 1. The topological polar surface area (TPSA) is 78.9 Å². The molecule has 1 aromatic rings. The van der Waals surface area contributed by atoms with E-state index in [4.69, 9.17) is 9.84 Å². The van der Waals surface area contributed by atoms with Crippen LogP contribution in [0.5, 0.6) is 5.75 Å². The van der Waals surface area contributed by atoms with Crippen molar-refractivity contribution in [1.29, 1.82) is 0 Å². The summed E-state index contributed by atoms with van der Waals surface area (Å²) >= 11 is 0. The zero-order valence-corrected chi connectivity index (χ0v) is 12.2. The predicted molar refractivity (Wildman–Crippen MR) is 77.3 cm³/mol. The van der Waals surface area contributed by atoms with Crippen molar-refractivity contribution >= 4 is 12.0 Å². The number of hydrogen-bond donors (Lipinski definition) is 2. The Morgan fingerprint density at radius 3 is 2.48 bits per heavy atom. The van der Waals surface area contributed by atoms with Crippen molar-refractivity contribution < 1.29 is 19.4 Å². The van der Waals surface area contributed by atoms with Crippen LogP contribution in [0.3, 0.4) is 0 Å². The van der Waals surface area contributed by atoms with Crippen LogP contribution in [-0.4, -0.2) is 41.7 Å². The van der Waals surface area contributed by atoms with Crippen LogP contribution in [-0.2, 0) is 4.79 Å². The van der Waals surface area contributed by atoms with Gasteiger partial charge >= 0.3 is 12.0 Å². The zero-order chi connectivity index (χ0) is 15.4. The largest absolute Gasteiger partial charge is 0.497 e. The maximum absolute atomic E-state index is 12.2. The second-order valence-corrected chi connectivity index (χ2v) is 5.20. The van der Waals surface area contributed by atoms with Gasteiger partial charge in [-0.05, 0) is 37.5 Å². The van der Waals surface area contributed by atoms with Gasteiger partial charge in [0.05, 0.1) is 13.2 Å². The number of carbonyl (C=O) groups is 2. The Morgan fingerprint density at radius 1 is 1.38 bits per heavy atom. The van der Waals surface area contributed by atoms with Gasteiger partial charge in [-0.2, -0.15) is 0 Å². The van der Waals surface area contributed by atoms with E-state index in [0.717, 1.165) is 24.2 Å². The molecule has 1 aromatic carbocycles. The van der Waals surface area contributed by atoms with E-state index in [9.17, 15) is 9.59 Å². The molecule has 0 heterocycles. The van der Waals surface area contributed by atoms with Crippen molar-refractivity contribution in [2.75, 3.05) is 13.7 Å². The average Bonchev–Trinajstić information content (AvgIpc) is 3.29. The molecule has 1 unspecified atom stereocenters. The fourth-order valence-corrected chi connectivity index (χ4v) is 2.14. The van der Waals surface area contributed by atoms with Crippen molar-refractivity contribution in [3.8, 4) is 5.75 Å². The fraction of sp³-hybridized carbons (Fsp3) is 0.467. The van der Waals surface area contributed by atoms with Crippen molar-refractivity contribution in [2.45, 2.75) is 31.8 Å². The van der Waals surface area contributed by atoms with Crippen molar-refractivity contribution in [1.82, 2.24) is 10.2 Å². The highest BCUT2D eigenvalue weighted by Gasteiger charge is 2.34. The van der Waals surface area contributed by atoms with E-state index in [0.29, 0.717) is 0 Å². The third-order valence-electron chi connectivity index (χ3n) is 3.51. The summed E-state index contributed by atoms with van der Waals surface area (Å²) in [5, 5.41) is 11.7. The standard InChI is InChI=1S/C15H20N2O4/c1-10(11-3-7-13(21-2)8-4-11)16-15(20)17(9-14(18)19)12-5-6-12/h3-4,7-8,10,12H,5-6,9H2,1-2H3,(H,16,20)(H,18,19). The molecule has 6 nitrogen and oxygen atoms in total. The first-order chi connectivity index (χ1) is 10.0. The van der Waals surface area contributed by atoms with Gasteiger partial charge in [0, 0.05) is 6.04 Å². The molecule has 0 aromatic heterocycles. The van der Waals surface area contributed by atoms with Gasteiger partial charge in [0.25, 0.3) is 0 Å². The van der Waals surface area contributed by atoms with Crippen LogP contribution in [0, 0.1) is 0 Å². The molecule has 2 amide bonds. The Morgan fingerprint density at radius 2 is 2.00 bits per heavy atom. The first-order valence-electron chi connectivity index (χ1n) is 6.94. The molecule has 2 N–H and O–H groups in total. The van der Waals surface area contributed by atoms with E-state index in [1.54, 1.807) is 7.11 Å². The minimum atomic E-state index is -0.992. The SMILES string of the molecule is COc1ccc(C(C)NC(=O)N(CC(=O)O)C2CC2)cc1. The molecule has 21 heavy (non-hydrogen) atoms. The maximum atomic E-state index is 12.2. The lowest BCUT2D eigenvalue weighted by atomic mass is 10.1. The van der Waals surface area contributed by atoms with E-state index in [1.807, 2.05) is 31.2 Å². The number of aliphatic carboxylic acids is 1. The molecule has 1 aliphatic rings. The molecule has 1 atom stereocenters. The van der Waals surface area contributed by atoms with Crippen LogP contribution in [0.1, 0.15) is 31.4 Å². The number of carboxylic acid groups (broad SMARTS) is 1. The first-order valence-corrected chi connectivity index (χ1v) is 6.94. The zero-order valence-electron chi connectivity index (χ0n) is 12.2. The maximum Gasteiger partial charge on any atom is 0.323 e. The number of nitrogens with one attached hydrogen (secondary N) is 1. The molecule has 0 saturated heterocycles. The number of carboxylic acids is 1. The summed E-state index contributed by atoms with van der Waals surface area (Å²) in [6.07, 6.45) is 1.75. The van der Waals surface area contributed by atoms with E-state index in [2.05, 4.69) is 5.32 Å². The normalized spacial score (nSPS) is 15.1.